The Hall–Kier alpha value is -0.120. The van der Waals surface area contributed by atoms with Crippen molar-refractivity contribution in [3.8, 4) is 0 Å². The van der Waals surface area contributed by atoms with E-state index in [9.17, 15) is 5.11 Å². The Morgan fingerprint density at radius 2 is 2.33 bits per heavy atom. The van der Waals surface area contributed by atoms with Crippen LogP contribution in [0, 0.1) is 0 Å². The summed E-state index contributed by atoms with van der Waals surface area (Å²) in [5, 5.41) is 12.9. The number of aliphatic hydroxyl groups is 1. The largest absolute Gasteiger partial charge is 0.393 e. The minimum absolute atomic E-state index is 0.163. The van der Waals surface area contributed by atoms with Gasteiger partial charge in [-0.15, -0.1) is 0 Å². The first-order valence-corrected chi connectivity index (χ1v) is 4.88. The fraction of sp³-hybridized carbons (Fsp3) is 1.00. The van der Waals surface area contributed by atoms with Crippen LogP contribution in [0.1, 0.15) is 32.1 Å². The van der Waals surface area contributed by atoms with Crippen LogP contribution in [0.3, 0.4) is 0 Å². The van der Waals surface area contributed by atoms with Crippen LogP contribution >= 0.6 is 0 Å². The SMILES string of the molecule is OC1CCN[C@]2(CCCCO2)C1. The second kappa shape index (κ2) is 3.32. The van der Waals surface area contributed by atoms with Gasteiger partial charge in [-0.05, 0) is 25.7 Å². The van der Waals surface area contributed by atoms with Gasteiger partial charge in [-0.2, -0.15) is 0 Å². The van der Waals surface area contributed by atoms with E-state index in [1.165, 1.54) is 12.8 Å². The van der Waals surface area contributed by atoms with E-state index in [0.29, 0.717) is 0 Å². The highest BCUT2D eigenvalue weighted by molar-refractivity contribution is 4.87. The summed E-state index contributed by atoms with van der Waals surface area (Å²) < 4.78 is 5.71. The quantitative estimate of drug-likeness (QED) is 0.561. The lowest BCUT2D eigenvalue weighted by molar-refractivity contribution is -0.138. The molecule has 70 valence electrons. The zero-order valence-corrected chi connectivity index (χ0v) is 7.38. The smallest absolute Gasteiger partial charge is 0.121 e. The molecular weight excluding hydrogens is 154 g/mol. The molecule has 2 saturated heterocycles. The molecule has 0 amide bonds. The minimum atomic E-state index is -0.171. The molecule has 0 aromatic carbocycles. The summed E-state index contributed by atoms with van der Waals surface area (Å²) in [6.45, 7) is 1.74. The Labute approximate surface area is 73.1 Å². The van der Waals surface area contributed by atoms with E-state index in [1.54, 1.807) is 0 Å². The lowest BCUT2D eigenvalue weighted by Gasteiger charge is -2.42. The maximum atomic E-state index is 9.51. The lowest BCUT2D eigenvalue weighted by atomic mass is 9.92. The average Bonchev–Trinajstić information content (AvgIpc) is 2.05. The molecule has 2 rings (SSSR count). The highest BCUT2D eigenvalue weighted by Crippen LogP contribution is 2.29. The molecule has 2 N–H and O–H groups in total. The molecule has 0 saturated carbocycles. The first-order valence-electron chi connectivity index (χ1n) is 4.88. The van der Waals surface area contributed by atoms with E-state index in [4.69, 9.17) is 4.74 Å². The van der Waals surface area contributed by atoms with Crippen molar-refractivity contribution < 1.29 is 9.84 Å². The topological polar surface area (TPSA) is 41.5 Å². The van der Waals surface area contributed by atoms with Gasteiger partial charge in [0.05, 0.1) is 6.10 Å². The molecular formula is C9H17NO2. The van der Waals surface area contributed by atoms with E-state index in [0.717, 1.165) is 32.4 Å². The van der Waals surface area contributed by atoms with Crippen LogP contribution in [-0.4, -0.2) is 30.1 Å². The molecule has 2 fully saturated rings. The number of ether oxygens (including phenoxy) is 1. The summed E-state index contributed by atoms with van der Waals surface area (Å²) in [5.41, 5.74) is -0.171. The number of hydrogen-bond acceptors (Lipinski definition) is 3. The Bertz CT molecular complexity index is 149. The van der Waals surface area contributed by atoms with Crippen LogP contribution in [0.25, 0.3) is 0 Å². The molecule has 0 aromatic rings. The van der Waals surface area contributed by atoms with Crippen LogP contribution in [-0.2, 0) is 4.74 Å². The van der Waals surface area contributed by atoms with Gasteiger partial charge in [0.25, 0.3) is 0 Å². The maximum absolute atomic E-state index is 9.51. The van der Waals surface area contributed by atoms with Crippen molar-refractivity contribution in [1.29, 1.82) is 0 Å². The number of nitrogens with one attached hydrogen (secondary N) is 1. The van der Waals surface area contributed by atoms with Gasteiger partial charge in [-0.3, -0.25) is 5.32 Å². The third-order valence-electron chi connectivity index (χ3n) is 2.84. The summed E-state index contributed by atoms with van der Waals surface area (Å²) in [4.78, 5) is 0. The third-order valence-corrected chi connectivity index (χ3v) is 2.84. The summed E-state index contributed by atoms with van der Waals surface area (Å²) in [6, 6.07) is 0. The van der Waals surface area contributed by atoms with Gasteiger partial charge < -0.3 is 9.84 Å². The molecule has 0 aliphatic carbocycles. The third kappa shape index (κ3) is 1.63. The standard InChI is InChI=1S/C9H17NO2/c11-8-3-5-10-9(7-8)4-1-2-6-12-9/h8,10-11H,1-7H2/t8?,9-/m0/s1. The first kappa shape index (κ1) is 8.48. The zero-order chi connectivity index (χ0) is 8.44. The molecule has 2 heterocycles. The number of hydrogen-bond donors (Lipinski definition) is 2. The van der Waals surface area contributed by atoms with E-state index < -0.39 is 0 Å². The highest BCUT2D eigenvalue weighted by atomic mass is 16.5. The zero-order valence-electron chi connectivity index (χ0n) is 7.38. The Morgan fingerprint density at radius 1 is 1.42 bits per heavy atom. The van der Waals surface area contributed by atoms with Gasteiger partial charge in [-0.25, -0.2) is 0 Å². The van der Waals surface area contributed by atoms with E-state index in [2.05, 4.69) is 5.32 Å². The van der Waals surface area contributed by atoms with Crippen molar-refractivity contribution in [2.45, 2.75) is 43.9 Å². The summed E-state index contributed by atoms with van der Waals surface area (Å²) in [5.74, 6) is 0. The molecule has 0 bridgehead atoms. The molecule has 3 nitrogen and oxygen atoms in total. The predicted molar refractivity (Wildman–Crippen MR) is 45.8 cm³/mol. The van der Waals surface area contributed by atoms with Gasteiger partial charge in [0, 0.05) is 19.6 Å². The van der Waals surface area contributed by atoms with Crippen molar-refractivity contribution in [3.63, 3.8) is 0 Å². The average molecular weight is 171 g/mol. The molecule has 2 aliphatic rings. The molecule has 12 heavy (non-hydrogen) atoms. The maximum Gasteiger partial charge on any atom is 0.121 e. The Kier molecular flexibility index (Phi) is 2.35. The molecule has 3 heteroatoms. The van der Waals surface area contributed by atoms with Crippen molar-refractivity contribution in [2.24, 2.45) is 0 Å². The molecule has 1 unspecified atom stereocenters. The monoisotopic (exact) mass is 171 g/mol. The second-order valence-corrected chi connectivity index (χ2v) is 3.87. The molecule has 1 spiro atoms. The summed E-state index contributed by atoms with van der Waals surface area (Å²) in [7, 11) is 0. The lowest BCUT2D eigenvalue weighted by Crippen LogP contribution is -2.55. The van der Waals surface area contributed by atoms with Gasteiger partial charge in [0.1, 0.15) is 5.72 Å². The van der Waals surface area contributed by atoms with E-state index in [1.807, 2.05) is 0 Å². The van der Waals surface area contributed by atoms with Crippen LogP contribution in [0.4, 0.5) is 0 Å². The Morgan fingerprint density at radius 3 is 3.00 bits per heavy atom. The molecule has 2 aliphatic heterocycles. The van der Waals surface area contributed by atoms with Crippen LogP contribution in [0.2, 0.25) is 0 Å². The number of piperidine rings is 1. The van der Waals surface area contributed by atoms with Gasteiger partial charge in [0.15, 0.2) is 0 Å². The van der Waals surface area contributed by atoms with Crippen LogP contribution in [0.15, 0.2) is 0 Å². The summed E-state index contributed by atoms with van der Waals surface area (Å²) in [6.07, 6.45) is 4.92. The molecule has 0 radical (unpaired) electrons. The van der Waals surface area contributed by atoms with Crippen molar-refractivity contribution in [1.82, 2.24) is 5.32 Å². The fourth-order valence-electron chi connectivity index (χ4n) is 2.17. The minimum Gasteiger partial charge on any atom is -0.393 e. The van der Waals surface area contributed by atoms with Crippen LogP contribution in [0.5, 0.6) is 0 Å². The number of rotatable bonds is 0. The van der Waals surface area contributed by atoms with Gasteiger partial charge in [-0.1, -0.05) is 0 Å². The first-order chi connectivity index (χ1) is 5.81. The van der Waals surface area contributed by atoms with Gasteiger partial charge >= 0.3 is 0 Å². The second-order valence-electron chi connectivity index (χ2n) is 3.87. The van der Waals surface area contributed by atoms with E-state index >= 15 is 0 Å². The fourth-order valence-corrected chi connectivity index (χ4v) is 2.17. The normalized spacial score (nSPS) is 43.2. The van der Waals surface area contributed by atoms with Gasteiger partial charge in [0.2, 0.25) is 0 Å². The Balaban J connectivity index is 1.97. The predicted octanol–water partition coefficient (Wildman–Crippen LogP) is 0.627. The van der Waals surface area contributed by atoms with Crippen molar-refractivity contribution >= 4 is 0 Å². The van der Waals surface area contributed by atoms with E-state index in [-0.39, 0.29) is 11.8 Å². The van der Waals surface area contributed by atoms with Crippen molar-refractivity contribution in [3.05, 3.63) is 0 Å². The molecule has 2 atom stereocenters. The highest BCUT2D eigenvalue weighted by Gasteiger charge is 2.37. The summed E-state index contributed by atoms with van der Waals surface area (Å²) >= 11 is 0. The number of aliphatic hydroxyl groups excluding tert-OH is 1. The van der Waals surface area contributed by atoms with Crippen LogP contribution < -0.4 is 5.32 Å². The van der Waals surface area contributed by atoms with Crippen molar-refractivity contribution in [2.75, 3.05) is 13.2 Å². The molecule has 0 aromatic heterocycles.